The van der Waals surface area contributed by atoms with Gasteiger partial charge in [-0.25, -0.2) is 18.9 Å². The summed E-state index contributed by atoms with van der Waals surface area (Å²) in [6.45, 7) is 2.89. The van der Waals surface area contributed by atoms with E-state index in [4.69, 9.17) is 0 Å². The number of hydrogen-bond donors (Lipinski definition) is 1. The minimum Gasteiger partial charge on any atom is -0.271 e. The average Bonchev–Trinajstić information content (AvgIpc) is 2.94. The number of hydrazone groups is 1. The predicted octanol–water partition coefficient (Wildman–Crippen LogP) is 1.46. The molecule has 0 aliphatic carbocycles. The van der Waals surface area contributed by atoms with Crippen LogP contribution in [0.25, 0.3) is 0 Å². The van der Waals surface area contributed by atoms with Gasteiger partial charge < -0.3 is 0 Å². The van der Waals surface area contributed by atoms with Crippen LogP contribution in [0.1, 0.15) is 29.1 Å². The number of amides is 1. The SMILES string of the molecule is Cc1nn(C)c(F)c1/C=N/NC(=O)Cn1nc(C(F)F)cc1C. The van der Waals surface area contributed by atoms with Gasteiger partial charge in [-0.1, -0.05) is 0 Å². The lowest BCUT2D eigenvalue weighted by Crippen LogP contribution is -2.24. The fraction of sp³-hybridized carbons (Fsp3) is 0.385. The van der Waals surface area contributed by atoms with Gasteiger partial charge in [0.25, 0.3) is 12.3 Å². The summed E-state index contributed by atoms with van der Waals surface area (Å²) < 4.78 is 40.9. The van der Waals surface area contributed by atoms with Crippen LogP contribution in [-0.4, -0.2) is 31.7 Å². The molecule has 1 amide bonds. The highest BCUT2D eigenvalue weighted by atomic mass is 19.3. The van der Waals surface area contributed by atoms with Crippen molar-refractivity contribution in [1.29, 1.82) is 0 Å². The van der Waals surface area contributed by atoms with E-state index in [-0.39, 0.29) is 12.1 Å². The number of halogens is 3. The number of nitrogens with zero attached hydrogens (tertiary/aromatic N) is 5. The first-order valence-corrected chi connectivity index (χ1v) is 6.63. The molecule has 0 aliphatic rings. The minimum atomic E-state index is -2.70. The first-order chi connectivity index (χ1) is 10.8. The third-order valence-electron chi connectivity index (χ3n) is 3.10. The number of nitrogens with one attached hydrogen (secondary N) is 1. The molecule has 0 bridgehead atoms. The summed E-state index contributed by atoms with van der Waals surface area (Å²) in [7, 11) is 1.44. The van der Waals surface area contributed by atoms with Crippen LogP contribution in [-0.2, 0) is 18.4 Å². The quantitative estimate of drug-likeness (QED) is 0.667. The van der Waals surface area contributed by atoms with E-state index >= 15 is 0 Å². The molecule has 0 fully saturated rings. The van der Waals surface area contributed by atoms with E-state index in [0.717, 1.165) is 15.6 Å². The van der Waals surface area contributed by atoms with Gasteiger partial charge in [0.05, 0.1) is 17.5 Å². The number of carbonyl (C=O) groups is 1. The van der Waals surface area contributed by atoms with Gasteiger partial charge in [-0.05, 0) is 19.9 Å². The second kappa shape index (κ2) is 6.63. The normalized spacial score (nSPS) is 11.6. The van der Waals surface area contributed by atoms with Crippen LogP contribution in [0.15, 0.2) is 11.2 Å². The second-order valence-corrected chi connectivity index (χ2v) is 4.88. The van der Waals surface area contributed by atoms with E-state index in [1.807, 2.05) is 0 Å². The Morgan fingerprint density at radius 1 is 1.43 bits per heavy atom. The highest BCUT2D eigenvalue weighted by molar-refractivity contribution is 5.83. The van der Waals surface area contributed by atoms with Crippen molar-refractivity contribution in [1.82, 2.24) is 25.0 Å². The minimum absolute atomic E-state index is 0.156. The molecular weight excluding hydrogens is 313 g/mol. The number of alkyl halides is 2. The van der Waals surface area contributed by atoms with Crippen molar-refractivity contribution in [3.8, 4) is 0 Å². The third-order valence-corrected chi connectivity index (χ3v) is 3.10. The Balaban J connectivity index is 1.99. The van der Waals surface area contributed by atoms with Crippen LogP contribution in [0.4, 0.5) is 13.2 Å². The molecule has 7 nitrogen and oxygen atoms in total. The van der Waals surface area contributed by atoms with Crippen LogP contribution >= 0.6 is 0 Å². The number of aryl methyl sites for hydroxylation is 3. The zero-order chi connectivity index (χ0) is 17.1. The lowest BCUT2D eigenvalue weighted by molar-refractivity contribution is -0.121. The van der Waals surface area contributed by atoms with Crippen molar-refractivity contribution in [3.05, 3.63) is 34.7 Å². The third kappa shape index (κ3) is 3.76. The maximum Gasteiger partial charge on any atom is 0.282 e. The molecule has 2 aromatic heterocycles. The van der Waals surface area contributed by atoms with Gasteiger partial charge in [0.15, 0.2) is 0 Å². The van der Waals surface area contributed by atoms with E-state index in [1.165, 1.54) is 13.1 Å². The highest BCUT2D eigenvalue weighted by Crippen LogP contribution is 2.17. The monoisotopic (exact) mass is 328 g/mol. The second-order valence-electron chi connectivity index (χ2n) is 4.88. The lowest BCUT2D eigenvalue weighted by atomic mass is 10.3. The zero-order valence-corrected chi connectivity index (χ0v) is 12.7. The largest absolute Gasteiger partial charge is 0.282 e. The topological polar surface area (TPSA) is 77.1 Å². The van der Waals surface area contributed by atoms with Crippen LogP contribution in [0.5, 0.6) is 0 Å². The molecular formula is C13H15F3N6O. The van der Waals surface area contributed by atoms with Gasteiger partial charge in [0, 0.05) is 12.7 Å². The van der Waals surface area contributed by atoms with Gasteiger partial charge in [-0.15, -0.1) is 0 Å². The molecule has 0 unspecified atom stereocenters. The van der Waals surface area contributed by atoms with E-state index in [1.54, 1.807) is 13.8 Å². The van der Waals surface area contributed by atoms with Crippen molar-refractivity contribution in [2.75, 3.05) is 0 Å². The van der Waals surface area contributed by atoms with Crippen LogP contribution in [0, 0.1) is 19.8 Å². The lowest BCUT2D eigenvalue weighted by Gasteiger charge is -2.02. The Morgan fingerprint density at radius 2 is 2.13 bits per heavy atom. The van der Waals surface area contributed by atoms with Gasteiger partial charge in [0.2, 0.25) is 5.95 Å². The van der Waals surface area contributed by atoms with Gasteiger partial charge in [-0.3, -0.25) is 9.48 Å². The summed E-state index contributed by atoms with van der Waals surface area (Å²) in [5, 5.41) is 11.1. The fourth-order valence-electron chi connectivity index (χ4n) is 1.94. The number of carbonyl (C=O) groups excluding carboxylic acids is 1. The van der Waals surface area contributed by atoms with Gasteiger partial charge >= 0.3 is 0 Å². The highest BCUT2D eigenvalue weighted by Gasteiger charge is 2.15. The number of aromatic nitrogens is 4. The first-order valence-electron chi connectivity index (χ1n) is 6.63. The maximum atomic E-state index is 13.6. The van der Waals surface area contributed by atoms with Crippen LogP contribution < -0.4 is 5.43 Å². The molecule has 0 aromatic carbocycles. The standard InChI is InChI=1S/C13H15F3N6O/c1-7-4-10(12(14)15)20-22(7)6-11(23)18-17-5-9-8(2)19-21(3)13(9)16/h4-5,12H,6H2,1-3H3,(H,18,23)/b17-5+. The fourth-order valence-corrected chi connectivity index (χ4v) is 1.94. The van der Waals surface area contributed by atoms with Crippen LogP contribution in [0.3, 0.4) is 0 Å². The summed E-state index contributed by atoms with van der Waals surface area (Å²) in [5.41, 5.74) is 2.79. The molecule has 2 heterocycles. The molecule has 0 aliphatic heterocycles. The molecule has 0 atom stereocenters. The van der Waals surface area contributed by atoms with Gasteiger partial charge in [-0.2, -0.15) is 19.7 Å². The number of hydrogen-bond acceptors (Lipinski definition) is 4. The molecule has 0 saturated carbocycles. The summed E-state index contributed by atoms with van der Waals surface area (Å²) in [5.74, 6) is -1.15. The molecule has 2 aromatic rings. The summed E-state index contributed by atoms with van der Waals surface area (Å²) in [6.07, 6.45) is -1.57. The van der Waals surface area contributed by atoms with E-state index in [9.17, 15) is 18.0 Å². The Kier molecular flexibility index (Phi) is 4.82. The maximum absolute atomic E-state index is 13.6. The molecule has 2 rings (SSSR count). The van der Waals surface area contributed by atoms with Gasteiger partial charge in [0.1, 0.15) is 12.2 Å². The predicted molar refractivity (Wildman–Crippen MR) is 75.6 cm³/mol. The molecule has 23 heavy (non-hydrogen) atoms. The van der Waals surface area contributed by atoms with E-state index in [2.05, 4.69) is 20.7 Å². The molecule has 10 heteroatoms. The summed E-state index contributed by atoms with van der Waals surface area (Å²) >= 11 is 0. The first kappa shape index (κ1) is 16.7. The smallest absolute Gasteiger partial charge is 0.271 e. The van der Waals surface area contributed by atoms with Crippen molar-refractivity contribution < 1.29 is 18.0 Å². The Hall–Kier alpha value is -2.65. The molecule has 0 saturated heterocycles. The van der Waals surface area contributed by atoms with Crippen molar-refractivity contribution >= 4 is 12.1 Å². The van der Waals surface area contributed by atoms with Crippen molar-refractivity contribution in [2.24, 2.45) is 12.1 Å². The Bertz CT molecular complexity index is 749. The van der Waals surface area contributed by atoms with E-state index in [0.29, 0.717) is 11.4 Å². The zero-order valence-electron chi connectivity index (χ0n) is 12.7. The Labute approximate surface area is 129 Å². The van der Waals surface area contributed by atoms with Crippen molar-refractivity contribution in [3.63, 3.8) is 0 Å². The average molecular weight is 328 g/mol. The molecule has 124 valence electrons. The van der Waals surface area contributed by atoms with E-state index < -0.39 is 24.0 Å². The molecule has 1 N–H and O–H groups in total. The number of rotatable bonds is 5. The molecule has 0 radical (unpaired) electrons. The van der Waals surface area contributed by atoms with Crippen LogP contribution in [0.2, 0.25) is 0 Å². The summed E-state index contributed by atoms with van der Waals surface area (Å²) in [6, 6.07) is 1.20. The molecule has 0 spiro atoms. The summed E-state index contributed by atoms with van der Waals surface area (Å²) in [4.78, 5) is 11.7. The Morgan fingerprint density at radius 3 is 2.65 bits per heavy atom. The van der Waals surface area contributed by atoms with Crippen molar-refractivity contribution in [2.45, 2.75) is 26.8 Å².